The molecule has 2 unspecified atom stereocenters. The van der Waals surface area contributed by atoms with Crippen LogP contribution in [0, 0.1) is 11.3 Å². The monoisotopic (exact) mass is 174 g/mol. The van der Waals surface area contributed by atoms with Crippen LogP contribution in [0.3, 0.4) is 0 Å². The first-order valence-corrected chi connectivity index (χ1v) is 3.36. The van der Waals surface area contributed by atoms with Crippen molar-refractivity contribution in [2.75, 3.05) is 14.2 Å². The Labute approximate surface area is 69.3 Å². The standard InChI is InChI=1S/C6H7ClN2O2/c1-9-4(10)6(7,3-8)5(9)11-2/h5H,1-2H3. The fraction of sp³-hybridized carbons (Fsp3) is 0.667. The van der Waals surface area contributed by atoms with Gasteiger partial charge in [0.05, 0.1) is 0 Å². The summed E-state index contributed by atoms with van der Waals surface area (Å²) in [5, 5.41) is 8.53. The first-order chi connectivity index (χ1) is 5.07. The number of carbonyl (C=O) groups is 1. The van der Waals surface area contributed by atoms with Crippen LogP contribution in [0.5, 0.6) is 0 Å². The summed E-state index contributed by atoms with van der Waals surface area (Å²) in [5.41, 5.74) is 0. The zero-order valence-corrected chi connectivity index (χ0v) is 6.92. The van der Waals surface area contributed by atoms with E-state index in [0.717, 1.165) is 0 Å². The number of hydrogen-bond donors (Lipinski definition) is 0. The number of rotatable bonds is 1. The van der Waals surface area contributed by atoms with Crippen molar-refractivity contribution < 1.29 is 9.53 Å². The van der Waals surface area contributed by atoms with Gasteiger partial charge in [-0.3, -0.25) is 4.79 Å². The van der Waals surface area contributed by atoms with Crippen molar-refractivity contribution in [2.45, 2.75) is 11.1 Å². The molecule has 60 valence electrons. The molecule has 0 N–H and O–H groups in total. The molecule has 1 aliphatic heterocycles. The van der Waals surface area contributed by atoms with Crippen LogP contribution in [-0.4, -0.2) is 36.1 Å². The molecule has 1 heterocycles. The number of ether oxygens (including phenoxy) is 1. The lowest BCUT2D eigenvalue weighted by atomic mass is 9.97. The highest BCUT2D eigenvalue weighted by atomic mass is 35.5. The van der Waals surface area contributed by atoms with Crippen LogP contribution in [0.25, 0.3) is 0 Å². The molecule has 11 heavy (non-hydrogen) atoms. The SMILES string of the molecule is COC1N(C)C(=O)C1(Cl)C#N. The quantitative estimate of drug-likeness (QED) is 0.413. The van der Waals surface area contributed by atoms with Gasteiger partial charge in [0.1, 0.15) is 6.07 Å². The maximum Gasteiger partial charge on any atom is 0.264 e. The third kappa shape index (κ3) is 0.817. The Morgan fingerprint density at radius 3 is 2.73 bits per heavy atom. The van der Waals surface area contributed by atoms with Crippen LogP contribution >= 0.6 is 11.6 Å². The van der Waals surface area contributed by atoms with Crippen LogP contribution in [0.4, 0.5) is 0 Å². The van der Waals surface area contributed by atoms with Crippen molar-refractivity contribution >= 4 is 17.5 Å². The molecule has 1 fully saturated rings. The summed E-state index contributed by atoms with van der Waals surface area (Å²) in [6.07, 6.45) is -0.623. The highest BCUT2D eigenvalue weighted by molar-refractivity contribution is 6.40. The first kappa shape index (κ1) is 8.31. The lowest BCUT2D eigenvalue weighted by Gasteiger charge is -2.45. The number of likely N-dealkylation sites (tertiary alicyclic amines) is 1. The van der Waals surface area contributed by atoms with Crippen molar-refractivity contribution in [2.24, 2.45) is 0 Å². The predicted molar refractivity (Wildman–Crippen MR) is 37.8 cm³/mol. The fourth-order valence-electron chi connectivity index (χ4n) is 1.09. The predicted octanol–water partition coefficient (Wildman–Crippen LogP) is -0.0679. The molecular weight excluding hydrogens is 168 g/mol. The highest BCUT2D eigenvalue weighted by Gasteiger charge is 2.60. The van der Waals surface area contributed by atoms with E-state index in [-0.39, 0.29) is 0 Å². The van der Waals surface area contributed by atoms with Gasteiger partial charge in [-0.05, 0) is 0 Å². The lowest BCUT2D eigenvalue weighted by Crippen LogP contribution is -2.69. The first-order valence-electron chi connectivity index (χ1n) is 2.98. The summed E-state index contributed by atoms with van der Waals surface area (Å²) in [6, 6.07) is 1.71. The summed E-state index contributed by atoms with van der Waals surface area (Å²) < 4.78 is 4.83. The molecule has 0 bridgehead atoms. The van der Waals surface area contributed by atoms with Crippen LogP contribution in [0.1, 0.15) is 0 Å². The van der Waals surface area contributed by atoms with E-state index in [9.17, 15) is 4.79 Å². The van der Waals surface area contributed by atoms with Gasteiger partial charge in [-0.2, -0.15) is 5.26 Å². The number of β-lactam (4-membered cyclic amide) rings is 1. The number of methoxy groups -OCH3 is 1. The normalized spacial score (nSPS) is 36.4. The lowest BCUT2D eigenvalue weighted by molar-refractivity contribution is -0.170. The van der Waals surface area contributed by atoms with Gasteiger partial charge in [-0.15, -0.1) is 0 Å². The number of halogens is 1. The number of nitriles is 1. The molecule has 4 nitrogen and oxygen atoms in total. The van der Waals surface area contributed by atoms with Crippen LogP contribution in [0.15, 0.2) is 0 Å². The molecule has 0 aliphatic carbocycles. The van der Waals surface area contributed by atoms with Gasteiger partial charge < -0.3 is 9.64 Å². The van der Waals surface area contributed by atoms with Crippen molar-refractivity contribution in [1.29, 1.82) is 5.26 Å². The molecule has 1 amide bonds. The van der Waals surface area contributed by atoms with Crippen LogP contribution in [0.2, 0.25) is 0 Å². The van der Waals surface area contributed by atoms with Crippen molar-refractivity contribution in [3.05, 3.63) is 0 Å². The number of alkyl halides is 1. The molecule has 0 aromatic heterocycles. The Hall–Kier alpha value is -0.790. The maximum absolute atomic E-state index is 11.0. The zero-order valence-electron chi connectivity index (χ0n) is 6.17. The molecule has 1 rings (SSSR count). The molecule has 0 radical (unpaired) electrons. The summed E-state index contributed by atoms with van der Waals surface area (Å²) >= 11 is 5.63. The summed E-state index contributed by atoms with van der Waals surface area (Å²) in [5.74, 6) is -0.409. The van der Waals surface area contributed by atoms with Gasteiger partial charge >= 0.3 is 0 Å². The molecule has 1 aliphatic rings. The number of hydrogen-bond acceptors (Lipinski definition) is 3. The second-order valence-electron chi connectivity index (χ2n) is 2.33. The Balaban J connectivity index is 2.85. The Morgan fingerprint density at radius 1 is 1.91 bits per heavy atom. The van der Waals surface area contributed by atoms with Gasteiger partial charge in [0, 0.05) is 14.2 Å². The van der Waals surface area contributed by atoms with Gasteiger partial charge in [0.25, 0.3) is 10.8 Å². The van der Waals surface area contributed by atoms with Gasteiger partial charge in [-0.1, -0.05) is 11.6 Å². The molecule has 0 aromatic rings. The second-order valence-corrected chi connectivity index (χ2v) is 2.92. The van der Waals surface area contributed by atoms with Crippen molar-refractivity contribution in [3.8, 4) is 6.07 Å². The summed E-state index contributed by atoms with van der Waals surface area (Å²) in [4.78, 5) is 10.8. The van der Waals surface area contributed by atoms with E-state index in [1.165, 1.54) is 19.1 Å². The Kier molecular flexibility index (Phi) is 1.78. The Morgan fingerprint density at radius 2 is 2.45 bits per heavy atom. The fourth-order valence-corrected chi connectivity index (χ4v) is 1.46. The van der Waals surface area contributed by atoms with Gasteiger partial charge in [-0.25, -0.2) is 0 Å². The van der Waals surface area contributed by atoms with E-state index in [1.54, 1.807) is 6.07 Å². The van der Waals surface area contributed by atoms with E-state index >= 15 is 0 Å². The number of nitrogens with zero attached hydrogens (tertiary/aromatic N) is 2. The molecule has 5 heteroatoms. The largest absolute Gasteiger partial charge is 0.358 e. The van der Waals surface area contributed by atoms with E-state index in [1.807, 2.05) is 0 Å². The molecule has 1 saturated heterocycles. The number of amides is 1. The zero-order chi connectivity index (χ0) is 8.65. The minimum absolute atomic E-state index is 0.409. The topological polar surface area (TPSA) is 53.3 Å². The van der Waals surface area contributed by atoms with Crippen molar-refractivity contribution in [3.63, 3.8) is 0 Å². The van der Waals surface area contributed by atoms with E-state index in [4.69, 9.17) is 21.6 Å². The smallest absolute Gasteiger partial charge is 0.264 e. The molecule has 2 atom stereocenters. The molecule has 0 saturated carbocycles. The second kappa shape index (κ2) is 2.36. The molecule has 0 spiro atoms. The minimum Gasteiger partial charge on any atom is -0.358 e. The third-order valence-corrected chi connectivity index (χ3v) is 2.14. The highest BCUT2D eigenvalue weighted by Crippen LogP contribution is 2.35. The molecule has 0 aromatic carbocycles. The van der Waals surface area contributed by atoms with E-state index in [2.05, 4.69) is 0 Å². The Bertz CT molecular complexity index is 237. The van der Waals surface area contributed by atoms with Gasteiger partial charge in [0.15, 0.2) is 6.23 Å². The summed E-state index contributed by atoms with van der Waals surface area (Å²) in [6.45, 7) is 0. The summed E-state index contributed by atoms with van der Waals surface area (Å²) in [7, 11) is 2.94. The average Bonchev–Trinajstić information content (AvgIpc) is 2.04. The van der Waals surface area contributed by atoms with Crippen LogP contribution < -0.4 is 0 Å². The molecular formula is C6H7ClN2O2. The maximum atomic E-state index is 11.0. The average molecular weight is 175 g/mol. The third-order valence-electron chi connectivity index (χ3n) is 1.71. The van der Waals surface area contributed by atoms with Crippen LogP contribution in [-0.2, 0) is 9.53 Å². The number of carbonyl (C=O) groups excluding carboxylic acids is 1. The van der Waals surface area contributed by atoms with E-state index in [0.29, 0.717) is 0 Å². The van der Waals surface area contributed by atoms with Crippen molar-refractivity contribution in [1.82, 2.24) is 4.90 Å². The minimum atomic E-state index is -1.50. The van der Waals surface area contributed by atoms with Gasteiger partial charge in [0.2, 0.25) is 0 Å². The van der Waals surface area contributed by atoms with E-state index < -0.39 is 17.0 Å².